The van der Waals surface area contributed by atoms with Crippen LogP contribution in [0.3, 0.4) is 0 Å². The van der Waals surface area contributed by atoms with Gasteiger partial charge in [-0.3, -0.25) is 4.79 Å². The Balaban J connectivity index is 1.56. The van der Waals surface area contributed by atoms with Crippen LogP contribution in [-0.2, 0) is 20.6 Å². The molecule has 0 bridgehead atoms. The zero-order valence-corrected chi connectivity index (χ0v) is 17.3. The molecule has 1 heterocycles. The van der Waals surface area contributed by atoms with E-state index in [4.69, 9.17) is 11.6 Å². The van der Waals surface area contributed by atoms with E-state index in [9.17, 15) is 13.2 Å². The standard InChI is InChI=1S/C21H23ClN2O3S/c1-17-7-8-18(15-20(17)22)9-10-21(25)23-11-13-24(14-12-23)28(26,27)16-19-5-3-2-4-6-19/h2-10,15H,11-14,16H2,1H3. The molecule has 0 aliphatic carbocycles. The van der Waals surface area contributed by atoms with Gasteiger partial charge in [0.15, 0.2) is 0 Å². The lowest BCUT2D eigenvalue weighted by Crippen LogP contribution is -2.50. The van der Waals surface area contributed by atoms with Gasteiger partial charge in [-0.2, -0.15) is 4.31 Å². The molecule has 1 fully saturated rings. The maximum Gasteiger partial charge on any atom is 0.246 e. The first-order valence-electron chi connectivity index (χ1n) is 9.10. The van der Waals surface area contributed by atoms with E-state index in [2.05, 4.69) is 0 Å². The molecule has 2 aromatic carbocycles. The maximum absolute atomic E-state index is 12.6. The Morgan fingerprint density at radius 3 is 2.39 bits per heavy atom. The molecule has 28 heavy (non-hydrogen) atoms. The van der Waals surface area contributed by atoms with Gasteiger partial charge >= 0.3 is 0 Å². The van der Waals surface area contributed by atoms with E-state index in [1.54, 1.807) is 23.1 Å². The molecule has 3 rings (SSSR count). The summed E-state index contributed by atoms with van der Waals surface area (Å²) in [6.45, 7) is 3.31. The van der Waals surface area contributed by atoms with E-state index in [0.29, 0.717) is 31.2 Å². The van der Waals surface area contributed by atoms with Crippen LogP contribution in [0.15, 0.2) is 54.6 Å². The third-order valence-corrected chi connectivity index (χ3v) is 7.01. The van der Waals surface area contributed by atoms with Crippen molar-refractivity contribution in [3.8, 4) is 0 Å². The van der Waals surface area contributed by atoms with Crippen molar-refractivity contribution in [1.82, 2.24) is 9.21 Å². The minimum atomic E-state index is -3.39. The average Bonchev–Trinajstić information content (AvgIpc) is 2.69. The van der Waals surface area contributed by atoms with Crippen LogP contribution in [0.1, 0.15) is 16.7 Å². The van der Waals surface area contributed by atoms with Crippen LogP contribution in [0.2, 0.25) is 5.02 Å². The van der Waals surface area contributed by atoms with Crippen LogP contribution < -0.4 is 0 Å². The Kier molecular flexibility index (Phi) is 6.54. The fourth-order valence-corrected chi connectivity index (χ4v) is 4.75. The van der Waals surface area contributed by atoms with Gasteiger partial charge in [-0.1, -0.05) is 54.1 Å². The lowest BCUT2D eigenvalue weighted by atomic mass is 10.1. The molecule has 0 N–H and O–H groups in total. The van der Waals surface area contributed by atoms with Gasteiger partial charge in [0.2, 0.25) is 15.9 Å². The van der Waals surface area contributed by atoms with Crippen LogP contribution >= 0.6 is 11.6 Å². The molecule has 5 nitrogen and oxygen atoms in total. The number of carbonyl (C=O) groups is 1. The number of nitrogens with zero attached hydrogens (tertiary/aromatic N) is 2. The van der Waals surface area contributed by atoms with E-state index < -0.39 is 10.0 Å². The Morgan fingerprint density at radius 1 is 1.07 bits per heavy atom. The number of amides is 1. The van der Waals surface area contributed by atoms with E-state index in [1.807, 2.05) is 43.3 Å². The molecular weight excluding hydrogens is 396 g/mol. The smallest absolute Gasteiger partial charge is 0.246 e. The molecule has 7 heteroatoms. The summed E-state index contributed by atoms with van der Waals surface area (Å²) < 4.78 is 26.7. The molecule has 0 aromatic heterocycles. The van der Waals surface area contributed by atoms with Gasteiger partial charge in [-0.05, 0) is 35.8 Å². The fourth-order valence-electron chi connectivity index (χ4n) is 3.05. The molecule has 0 radical (unpaired) electrons. The number of rotatable bonds is 5. The first-order valence-corrected chi connectivity index (χ1v) is 11.1. The van der Waals surface area contributed by atoms with Crippen molar-refractivity contribution in [2.75, 3.05) is 26.2 Å². The lowest BCUT2D eigenvalue weighted by molar-refractivity contribution is -0.127. The lowest BCUT2D eigenvalue weighted by Gasteiger charge is -2.33. The highest BCUT2D eigenvalue weighted by Crippen LogP contribution is 2.18. The van der Waals surface area contributed by atoms with Crippen molar-refractivity contribution in [3.63, 3.8) is 0 Å². The molecule has 148 valence electrons. The van der Waals surface area contributed by atoms with Gasteiger partial charge in [0.05, 0.1) is 5.75 Å². The van der Waals surface area contributed by atoms with E-state index >= 15 is 0 Å². The third-order valence-electron chi connectivity index (χ3n) is 4.75. The summed E-state index contributed by atoms with van der Waals surface area (Å²) in [5.74, 6) is -0.146. The highest BCUT2D eigenvalue weighted by atomic mass is 35.5. The Labute approximate surface area is 171 Å². The average molecular weight is 419 g/mol. The van der Waals surface area contributed by atoms with E-state index in [-0.39, 0.29) is 11.7 Å². The second kappa shape index (κ2) is 8.90. The molecule has 0 saturated carbocycles. The Morgan fingerprint density at radius 2 is 1.75 bits per heavy atom. The highest BCUT2D eigenvalue weighted by molar-refractivity contribution is 7.88. The number of aryl methyl sites for hydroxylation is 1. The number of benzene rings is 2. The van der Waals surface area contributed by atoms with Gasteiger partial charge in [-0.25, -0.2) is 8.42 Å². The van der Waals surface area contributed by atoms with Gasteiger partial charge in [0.1, 0.15) is 0 Å². The first kappa shape index (κ1) is 20.6. The fraction of sp³-hybridized carbons (Fsp3) is 0.286. The number of piperazine rings is 1. The summed E-state index contributed by atoms with van der Waals surface area (Å²) in [5, 5.41) is 0.659. The Hall–Kier alpha value is -2.15. The predicted molar refractivity (Wildman–Crippen MR) is 112 cm³/mol. The number of hydrogen-bond donors (Lipinski definition) is 0. The van der Waals surface area contributed by atoms with Gasteiger partial charge < -0.3 is 4.90 Å². The highest BCUT2D eigenvalue weighted by Gasteiger charge is 2.28. The van der Waals surface area contributed by atoms with Crippen LogP contribution in [0.25, 0.3) is 6.08 Å². The summed E-state index contributed by atoms with van der Waals surface area (Å²) in [4.78, 5) is 14.1. The molecule has 1 saturated heterocycles. The summed E-state index contributed by atoms with van der Waals surface area (Å²) in [7, 11) is -3.39. The van der Waals surface area contributed by atoms with Crippen molar-refractivity contribution in [2.45, 2.75) is 12.7 Å². The second-order valence-corrected chi connectivity index (χ2v) is 9.18. The third kappa shape index (κ3) is 5.22. The van der Waals surface area contributed by atoms with Gasteiger partial charge in [-0.15, -0.1) is 0 Å². The minimum Gasteiger partial charge on any atom is -0.337 e. The molecule has 2 aromatic rings. The van der Waals surface area contributed by atoms with Crippen molar-refractivity contribution in [1.29, 1.82) is 0 Å². The largest absolute Gasteiger partial charge is 0.337 e. The van der Waals surface area contributed by atoms with Crippen molar-refractivity contribution < 1.29 is 13.2 Å². The maximum atomic E-state index is 12.6. The number of carbonyl (C=O) groups excluding carboxylic acids is 1. The minimum absolute atomic E-state index is 0.0180. The SMILES string of the molecule is Cc1ccc(C=CC(=O)N2CCN(S(=O)(=O)Cc3ccccc3)CC2)cc1Cl. The van der Waals surface area contributed by atoms with Gasteiger partial charge in [0.25, 0.3) is 0 Å². The Bertz CT molecular complexity index is 966. The quantitative estimate of drug-likeness (QED) is 0.700. The molecule has 0 atom stereocenters. The molecule has 1 amide bonds. The second-order valence-electron chi connectivity index (χ2n) is 6.81. The predicted octanol–water partition coefficient (Wildman–Crippen LogP) is 3.34. The molecule has 0 unspecified atom stereocenters. The van der Waals surface area contributed by atoms with Crippen LogP contribution in [0.5, 0.6) is 0 Å². The number of sulfonamides is 1. The summed E-state index contributed by atoms with van der Waals surface area (Å²) >= 11 is 6.10. The molecular formula is C21H23ClN2O3S. The van der Waals surface area contributed by atoms with Crippen molar-refractivity contribution in [3.05, 3.63) is 76.3 Å². The monoisotopic (exact) mass is 418 g/mol. The van der Waals surface area contributed by atoms with Crippen molar-refractivity contribution >= 4 is 33.6 Å². The van der Waals surface area contributed by atoms with Crippen LogP contribution in [0, 0.1) is 6.92 Å². The zero-order valence-electron chi connectivity index (χ0n) is 15.7. The van der Waals surface area contributed by atoms with Crippen LogP contribution in [-0.4, -0.2) is 49.7 Å². The first-order chi connectivity index (χ1) is 13.3. The molecule has 0 spiro atoms. The zero-order chi connectivity index (χ0) is 20.1. The molecule has 1 aliphatic heterocycles. The van der Waals surface area contributed by atoms with Crippen molar-refractivity contribution in [2.24, 2.45) is 0 Å². The summed E-state index contributed by atoms with van der Waals surface area (Å²) in [5.41, 5.74) is 2.60. The van der Waals surface area contributed by atoms with Crippen LogP contribution in [0.4, 0.5) is 0 Å². The molecule has 1 aliphatic rings. The van der Waals surface area contributed by atoms with E-state index in [1.165, 1.54) is 10.4 Å². The number of hydrogen-bond acceptors (Lipinski definition) is 3. The van der Waals surface area contributed by atoms with Gasteiger partial charge in [0, 0.05) is 37.3 Å². The number of halogens is 1. The topological polar surface area (TPSA) is 57.7 Å². The summed E-state index contributed by atoms with van der Waals surface area (Å²) in [6.07, 6.45) is 3.24. The summed E-state index contributed by atoms with van der Waals surface area (Å²) in [6, 6.07) is 14.7. The van der Waals surface area contributed by atoms with E-state index in [0.717, 1.165) is 16.7 Å². The normalized spacial score (nSPS) is 15.9.